The second kappa shape index (κ2) is 45.0. The second-order valence-corrected chi connectivity index (χ2v) is 16.5. The van der Waals surface area contributed by atoms with Gasteiger partial charge in [0.1, 0.15) is 30.5 Å². The highest BCUT2D eigenvalue weighted by atomic mass is 16.7. The number of rotatable bonds is 41. The minimum Gasteiger partial charge on any atom is -0.457 e. The molecule has 364 valence electrons. The van der Waals surface area contributed by atoms with Crippen molar-refractivity contribution in [3.05, 3.63) is 109 Å². The van der Waals surface area contributed by atoms with Crippen LogP contribution in [-0.2, 0) is 23.7 Å². The number of carbonyl (C=O) groups is 1. The highest BCUT2D eigenvalue weighted by molar-refractivity contribution is 5.69. The van der Waals surface area contributed by atoms with Gasteiger partial charge in [-0.3, -0.25) is 4.79 Å². The smallest absolute Gasteiger partial charge is 0.306 e. The van der Waals surface area contributed by atoms with E-state index in [0.717, 1.165) is 103 Å². The highest BCUT2D eigenvalue weighted by Gasteiger charge is 2.44. The van der Waals surface area contributed by atoms with Crippen LogP contribution in [0.2, 0.25) is 0 Å². The molecule has 1 fully saturated rings. The highest BCUT2D eigenvalue weighted by Crippen LogP contribution is 2.22. The molecule has 1 rings (SSSR count). The van der Waals surface area contributed by atoms with Crippen LogP contribution in [0.25, 0.3) is 0 Å². The maximum Gasteiger partial charge on any atom is 0.306 e. The molecule has 0 spiro atoms. The van der Waals surface area contributed by atoms with Gasteiger partial charge in [0.15, 0.2) is 6.29 Å². The Bertz CT molecular complexity index is 1340. The van der Waals surface area contributed by atoms with Crippen molar-refractivity contribution >= 4 is 5.97 Å². The summed E-state index contributed by atoms with van der Waals surface area (Å²) in [6.45, 7) is 4.20. The number of allylic oxidation sites excluding steroid dienone is 18. The quantitative estimate of drug-likeness (QED) is 0.0269. The van der Waals surface area contributed by atoms with Crippen molar-refractivity contribution < 1.29 is 44.2 Å². The van der Waals surface area contributed by atoms with Gasteiger partial charge in [0.25, 0.3) is 0 Å². The van der Waals surface area contributed by atoms with Crippen molar-refractivity contribution in [3.63, 3.8) is 0 Å². The molecule has 0 aromatic heterocycles. The largest absolute Gasteiger partial charge is 0.457 e. The van der Waals surface area contributed by atoms with Crippen molar-refractivity contribution in [3.8, 4) is 0 Å². The number of carbonyl (C=O) groups excluding carboxylic acids is 1. The average Bonchev–Trinajstić information content (AvgIpc) is 3.30. The van der Waals surface area contributed by atoms with Crippen molar-refractivity contribution in [1.82, 2.24) is 0 Å². The van der Waals surface area contributed by atoms with Crippen LogP contribution in [-0.4, -0.2) is 89.6 Å². The van der Waals surface area contributed by atoms with Crippen LogP contribution in [0.1, 0.15) is 168 Å². The molecule has 1 saturated heterocycles. The third-order valence-corrected chi connectivity index (χ3v) is 10.7. The average molecular weight is 895 g/mol. The lowest BCUT2D eigenvalue weighted by molar-refractivity contribution is -0.305. The Hall–Kier alpha value is -3.15. The summed E-state index contributed by atoms with van der Waals surface area (Å²) >= 11 is 0. The number of aliphatic hydroxyl groups is 4. The lowest BCUT2D eigenvalue weighted by Crippen LogP contribution is -2.59. The SMILES string of the molecule is CC/C=C\C/C=C\C/C=C\C/C=C\C/C=C\CCCCOCC(COC1OC(CO)C(O)C(O)C1O)OC(=O)CCCCCCCCCCCC/C=C\C/C=C\C/C=C\C/C=C\CC. The molecule has 0 saturated carbocycles. The third-order valence-electron chi connectivity index (χ3n) is 10.7. The van der Waals surface area contributed by atoms with E-state index in [1.807, 2.05) is 0 Å². The van der Waals surface area contributed by atoms with Crippen LogP contribution in [0.5, 0.6) is 0 Å². The van der Waals surface area contributed by atoms with Crippen LogP contribution in [0, 0.1) is 0 Å². The predicted octanol–water partition coefficient (Wildman–Crippen LogP) is 12.1. The van der Waals surface area contributed by atoms with E-state index in [1.165, 1.54) is 44.9 Å². The van der Waals surface area contributed by atoms with Crippen molar-refractivity contribution in [2.45, 2.75) is 205 Å². The molecular weight excluding hydrogens is 805 g/mol. The molecule has 64 heavy (non-hydrogen) atoms. The molecule has 9 nitrogen and oxygen atoms in total. The molecule has 0 radical (unpaired) electrons. The lowest BCUT2D eigenvalue weighted by atomic mass is 9.99. The first-order valence-electron chi connectivity index (χ1n) is 25.0. The molecule has 1 aliphatic heterocycles. The first-order chi connectivity index (χ1) is 31.4. The molecule has 0 aromatic rings. The van der Waals surface area contributed by atoms with Crippen molar-refractivity contribution in [2.24, 2.45) is 0 Å². The fraction of sp³-hybridized carbons (Fsp3) is 0.655. The summed E-state index contributed by atoms with van der Waals surface area (Å²) < 4.78 is 22.8. The van der Waals surface area contributed by atoms with E-state index in [1.54, 1.807) is 0 Å². The van der Waals surface area contributed by atoms with Gasteiger partial charge in [-0.1, -0.05) is 175 Å². The molecule has 6 atom stereocenters. The number of unbranched alkanes of at least 4 members (excludes halogenated alkanes) is 12. The minimum atomic E-state index is -1.55. The van der Waals surface area contributed by atoms with Crippen LogP contribution in [0.4, 0.5) is 0 Å². The zero-order chi connectivity index (χ0) is 46.4. The number of hydrogen-bond donors (Lipinski definition) is 4. The van der Waals surface area contributed by atoms with Gasteiger partial charge in [-0.05, 0) is 96.3 Å². The van der Waals surface area contributed by atoms with Gasteiger partial charge in [0.2, 0.25) is 0 Å². The Balaban J connectivity index is 2.26. The van der Waals surface area contributed by atoms with Crippen LogP contribution < -0.4 is 0 Å². The Morgan fingerprint density at radius 3 is 1.36 bits per heavy atom. The zero-order valence-electron chi connectivity index (χ0n) is 40.0. The Morgan fingerprint density at radius 2 is 0.906 bits per heavy atom. The van der Waals surface area contributed by atoms with E-state index in [0.29, 0.717) is 13.0 Å². The Morgan fingerprint density at radius 1 is 0.500 bits per heavy atom. The second-order valence-electron chi connectivity index (χ2n) is 16.5. The van der Waals surface area contributed by atoms with Gasteiger partial charge in [0, 0.05) is 13.0 Å². The summed E-state index contributed by atoms with van der Waals surface area (Å²) in [6.07, 6.45) is 56.9. The van der Waals surface area contributed by atoms with Gasteiger partial charge >= 0.3 is 5.97 Å². The fourth-order valence-corrected chi connectivity index (χ4v) is 6.86. The summed E-state index contributed by atoms with van der Waals surface area (Å²) in [7, 11) is 0. The van der Waals surface area contributed by atoms with E-state index < -0.39 is 43.4 Å². The molecule has 9 heteroatoms. The summed E-state index contributed by atoms with van der Waals surface area (Å²) in [5.74, 6) is -0.338. The molecule has 0 aliphatic carbocycles. The van der Waals surface area contributed by atoms with E-state index >= 15 is 0 Å². The number of esters is 1. The normalized spacial score (nSPS) is 20.5. The van der Waals surface area contributed by atoms with Gasteiger partial charge in [0.05, 0.1) is 19.8 Å². The summed E-state index contributed by atoms with van der Waals surface area (Å²) in [5, 5.41) is 40.2. The summed E-state index contributed by atoms with van der Waals surface area (Å²) in [5.41, 5.74) is 0. The van der Waals surface area contributed by atoms with Gasteiger partial charge in [-0.15, -0.1) is 0 Å². The maximum atomic E-state index is 12.8. The number of hydrogen-bond acceptors (Lipinski definition) is 9. The van der Waals surface area contributed by atoms with Crippen LogP contribution in [0.3, 0.4) is 0 Å². The molecule has 0 bridgehead atoms. The molecule has 1 aliphatic rings. The first kappa shape index (κ1) is 58.9. The van der Waals surface area contributed by atoms with Gasteiger partial charge in [-0.25, -0.2) is 0 Å². The lowest BCUT2D eigenvalue weighted by Gasteiger charge is -2.39. The predicted molar refractivity (Wildman–Crippen MR) is 265 cm³/mol. The first-order valence-corrected chi connectivity index (χ1v) is 25.0. The molecule has 6 unspecified atom stereocenters. The maximum absolute atomic E-state index is 12.8. The standard InChI is InChI=1S/C55H90O9/c1-3-5-7-9-11-13-15-17-19-21-23-24-25-26-27-28-30-32-34-36-38-40-42-44-51(57)63-49(48-62-55-54(60)53(59)52(58)50(46-56)64-55)47-61-45-43-41-39-37-35-33-31-29-22-20-18-16-14-12-10-8-6-4-2/h5-8,11-14,17-20,23-24,29,31,35,37,49-50,52-56,58-60H,3-4,9-10,15-16,21-22,25-28,30,32-34,36,38-48H2,1-2H3/b7-5-,8-6-,13-11-,14-12-,19-17-,20-18-,24-23-,31-29-,37-35-. The number of ether oxygens (including phenoxy) is 4. The topological polar surface area (TPSA) is 135 Å². The summed E-state index contributed by atoms with van der Waals surface area (Å²) in [4.78, 5) is 12.8. The van der Waals surface area contributed by atoms with Crippen LogP contribution in [0.15, 0.2) is 109 Å². The van der Waals surface area contributed by atoms with Gasteiger partial charge < -0.3 is 39.4 Å². The van der Waals surface area contributed by atoms with E-state index in [9.17, 15) is 25.2 Å². The van der Waals surface area contributed by atoms with Crippen LogP contribution >= 0.6 is 0 Å². The molecule has 4 N–H and O–H groups in total. The zero-order valence-corrected chi connectivity index (χ0v) is 40.0. The Kier molecular flexibility index (Phi) is 41.4. The van der Waals surface area contributed by atoms with E-state index in [-0.39, 0.29) is 19.2 Å². The van der Waals surface area contributed by atoms with Crippen molar-refractivity contribution in [1.29, 1.82) is 0 Å². The minimum absolute atomic E-state index is 0.106. The third kappa shape index (κ3) is 35.2. The van der Waals surface area contributed by atoms with E-state index in [4.69, 9.17) is 18.9 Å². The monoisotopic (exact) mass is 895 g/mol. The van der Waals surface area contributed by atoms with E-state index in [2.05, 4.69) is 123 Å². The fourth-order valence-electron chi connectivity index (χ4n) is 6.86. The number of aliphatic hydroxyl groups excluding tert-OH is 4. The molecule has 1 heterocycles. The van der Waals surface area contributed by atoms with Gasteiger partial charge in [-0.2, -0.15) is 0 Å². The summed E-state index contributed by atoms with van der Waals surface area (Å²) in [6, 6.07) is 0. The Labute approximate surface area is 389 Å². The molecule has 0 aromatic carbocycles. The molecule has 0 amide bonds. The molecular formula is C55H90O9. The van der Waals surface area contributed by atoms with Crippen molar-refractivity contribution in [2.75, 3.05) is 26.4 Å².